The van der Waals surface area contributed by atoms with E-state index in [1.807, 2.05) is 13.8 Å². The molecule has 1 amide bonds. The third-order valence-electron chi connectivity index (χ3n) is 3.48. The fraction of sp³-hybridized carbons (Fsp3) is 0.500. The predicted molar refractivity (Wildman–Crippen MR) is 68.7 cm³/mol. The van der Waals surface area contributed by atoms with Crippen LogP contribution in [-0.2, 0) is 11.0 Å². The number of hydrogen-bond donors (Lipinski definition) is 1. The fourth-order valence-electron chi connectivity index (χ4n) is 1.33. The molecule has 19 heavy (non-hydrogen) atoms. The number of carbonyl (C=O) groups is 1. The molecule has 0 saturated carbocycles. The average molecular weight is 273 g/mol. The molecule has 1 rings (SSSR count). The third-order valence-corrected chi connectivity index (χ3v) is 3.48. The van der Waals surface area contributed by atoms with E-state index in [1.54, 1.807) is 13.8 Å². The van der Waals surface area contributed by atoms with E-state index in [2.05, 4.69) is 5.32 Å². The highest BCUT2D eigenvalue weighted by Gasteiger charge is 2.33. The molecular formula is C14H18F3NO. The summed E-state index contributed by atoms with van der Waals surface area (Å²) in [6, 6.07) is 4.64. The Bertz CT molecular complexity index is 464. The van der Waals surface area contributed by atoms with Crippen molar-refractivity contribution in [2.75, 3.05) is 5.32 Å². The van der Waals surface area contributed by atoms with Gasteiger partial charge in [-0.2, -0.15) is 13.2 Å². The zero-order chi connectivity index (χ0) is 14.8. The summed E-state index contributed by atoms with van der Waals surface area (Å²) in [6.07, 6.45) is -4.41. The number of hydrogen-bond acceptors (Lipinski definition) is 1. The van der Waals surface area contributed by atoms with E-state index >= 15 is 0 Å². The van der Waals surface area contributed by atoms with Crippen LogP contribution in [0.5, 0.6) is 0 Å². The van der Waals surface area contributed by atoms with Gasteiger partial charge in [-0.15, -0.1) is 0 Å². The average Bonchev–Trinajstić information content (AvgIpc) is 2.27. The van der Waals surface area contributed by atoms with Crippen LogP contribution in [0.4, 0.5) is 18.9 Å². The summed E-state index contributed by atoms with van der Waals surface area (Å²) in [7, 11) is 0. The van der Waals surface area contributed by atoms with Crippen molar-refractivity contribution >= 4 is 11.6 Å². The van der Waals surface area contributed by atoms with Crippen molar-refractivity contribution in [1.29, 1.82) is 0 Å². The summed E-state index contributed by atoms with van der Waals surface area (Å²) in [5.74, 6) is -0.208. The van der Waals surface area contributed by atoms with Crippen LogP contribution in [-0.4, -0.2) is 5.91 Å². The minimum atomic E-state index is -4.41. The minimum Gasteiger partial charge on any atom is -0.326 e. The van der Waals surface area contributed by atoms with Gasteiger partial charge >= 0.3 is 6.18 Å². The molecule has 0 spiro atoms. The first-order chi connectivity index (χ1) is 8.55. The Labute approximate surface area is 111 Å². The Kier molecular flexibility index (Phi) is 4.28. The lowest BCUT2D eigenvalue weighted by atomic mass is 9.80. The Morgan fingerprint density at radius 2 is 1.79 bits per heavy atom. The standard InChI is InChI=1S/C14H18F3NO/c1-9(2)13(3,4)12(19)18-11-7-5-6-10(8-11)14(15,16)17/h5-9H,1-4H3,(H,18,19). The van der Waals surface area contributed by atoms with Crippen LogP contribution < -0.4 is 5.32 Å². The monoisotopic (exact) mass is 273 g/mol. The van der Waals surface area contributed by atoms with Gasteiger partial charge < -0.3 is 5.32 Å². The summed E-state index contributed by atoms with van der Waals surface area (Å²) in [6.45, 7) is 7.32. The molecular weight excluding hydrogens is 255 g/mol. The normalized spacial score (nSPS) is 12.6. The zero-order valence-electron chi connectivity index (χ0n) is 11.4. The van der Waals surface area contributed by atoms with E-state index in [9.17, 15) is 18.0 Å². The van der Waals surface area contributed by atoms with Gasteiger partial charge in [-0.25, -0.2) is 0 Å². The first-order valence-corrected chi connectivity index (χ1v) is 6.04. The number of rotatable bonds is 3. The van der Waals surface area contributed by atoms with Crippen LogP contribution >= 0.6 is 0 Å². The van der Waals surface area contributed by atoms with Gasteiger partial charge in [-0.1, -0.05) is 33.8 Å². The Balaban J connectivity index is 2.93. The molecule has 5 heteroatoms. The maximum absolute atomic E-state index is 12.6. The van der Waals surface area contributed by atoms with Crippen LogP contribution in [0.1, 0.15) is 33.3 Å². The van der Waals surface area contributed by atoms with Gasteiger partial charge in [-0.3, -0.25) is 4.79 Å². The second-order valence-electron chi connectivity index (χ2n) is 5.41. The lowest BCUT2D eigenvalue weighted by Gasteiger charge is -2.27. The van der Waals surface area contributed by atoms with E-state index in [0.29, 0.717) is 0 Å². The third kappa shape index (κ3) is 3.72. The highest BCUT2D eigenvalue weighted by molar-refractivity contribution is 5.95. The fourth-order valence-corrected chi connectivity index (χ4v) is 1.33. The van der Waals surface area contributed by atoms with E-state index in [1.165, 1.54) is 12.1 Å². The van der Waals surface area contributed by atoms with Gasteiger partial charge in [0.2, 0.25) is 5.91 Å². The van der Waals surface area contributed by atoms with Crippen LogP contribution in [0.3, 0.4) is 0 Å². The maximum atomic E-state index is 12.6. The van der Waals surface area contributed by atoms with Crippen molar-refractivity contribution < 1.29 is 18.0 Å². The van der Waals surface area contributed by atoms with Crippen molar-refractivity contribution in [3.63, 3.8) is 0 Å². The summed E-state index contributed by atoms with van der Waals surface area (Å²) < 4.78 is 37.7. The molecule has 106 valence electrons. The summed E-state index contributed by atoms with van der Waals surface area (Å²) in [5.41, 5.74) is -1.25. The molecule has 0 bridgehead atoms. The Morgan fingerprint density at radius 1 is 1.21 bits per heavy atom. The molecule has 0 heterocycles. The van der Waals surface area contributed by atoms with Gasteiger partial charge in [0, 0.05) is 11.1 Å². The number of amides is 1. The van der Waals surface area contributed by atoms with Crippen molar-refractivity contribution in [2.45, 2.75) is 33.9 Å². The second kappa shape index (κ2) is 5.23. The minimum absolute atomic E-state index is 0.0818. The first-order valence-electron chi connectivity index (χ1n) is 6.04. The number of halogens is 3. The van der Waals surface area contributed by atoms with Crippen LogP contribution in [0, 0.1) is 11.3 Å². The summed E-state index contributed by atoms with van der Waals surface area (Å²) in [5, 5.41) is 2.54. The molecule has 1 aromatic rings. The van der Waals surface area contributed by atoms with Crippen LogP contribution in [0.25, 0.3) is 0 Å². The molecule has 1 N–H and O–H groups in total. The molecule has 1 aromatic carbocycles. The van der Waals surface area contributed by atoms with Gasteiger partial charge in [0.25, 0.3) is 0 Å². The van der Waals surface area contributed by atoms with Crippen LogP contribution in [0.2, 0.25) is 0 Å². The second-order valence-corrected chi connectivity index (χ2v) is 5.41. The van der Waals surface area contributed by atoms with Gasteiger partial charge in [0.1, 0.15) is 0 Å². The molecule has 0 saturated heterocycles. The zero-order valence-corrected chi connectivity index (χ0v) is 11.4. The lowest BCUT2D eigenvalue weighted by molar-refractivity contribution is -0.137. The molecule has 0 atom stereocenters. The van der Waals surface area contributed by atoms with Crippen molar-refractivity contribution in [1.82, 2.24) is 0 Å². The molecule has 0 aliphatic carbocycles. The number of nitrogens with one attached hydrogen (secondary N) is 1. The largest absolute Gasteiger partial charge is 0.416 e. The van der Waals surface area contributed by atoms with Gasteiger partial charge in [0.05, 0.1) is 5.56 Å². The molecule has 0 unspecified atom stereocenters. The quantitative estimate of drug-likeness (QED) is 0.872. The van der Waals surface area contributed by atoms with Gasteiger partial charge in [-0.05, 0) is 24.1 Å². The molecule has 0 radical (unpaired) electrons. The molecule has 0 fully saturated rings. The number of alkyl halides is 3. The molecule has 2 nitrogen and oxygen atoms in total. The Morgan fingerprint density at radius 3 is 2.26 bits per heavy atom. The van der Waals surface area contributed by atoms with E-state index < -0.39 is 17.2 Å². The lowest BCUT2D eigenvalue weighted by Crippen LogP contribution is -2.35. The SMILES string of the molecule is CC(C)C(C)(C)C(=O)Nc1cccc(C(F)(F)F)c1. The van der Waals surface area contributed by atoms with E-state index in [0.717, 1.165) is 12.1 Å². The summed E-state index contributed by atoms with van der Waals surface area (Å²) >= 11 is 0. The summed E-state index contributed by atoms with van der Waals surface area (Å²) in [4.78, 5) is 12.0. The smallest absolute Gasteiger partial charge is 0.326 e. The van der Waals surface area contributed by atoms with Gasteiger partial charge in [0.15, 0.2) is 0 Å². The van der Waals surface area contributed by atoms with Crippen molar-refractivity contribution in [3.05, 3.63) is 29.8 Å². The molecule has 0 aliphatic heterocycles. The highest BCUT2D eigenvalue weighted by atomic mass is 19.4. The van der Waals surface area contributed by atoms with Crippen molar-refractivity contribution in [2.24, 2.45) is 11.3 Å². The van der Waals surface area contributed by atoms with E-state index in [4.69, 9.17) is 0 Å². The predicted octanol–water partition coefficient (Wildman–Crippen LogP) is 4.33. The highest BCUT2D eigenvalue weighted by Crippen LogP contribution is 2.32. The molecule has 0 aromatic heterocycles. The number of anilines is 1. The first kappa shape index (κ1) is 15.5. The Hall–Kier alpha value is -1.52. The number of carbonyl (C=O) groups excluding carboxylic acids is 1. The van der Waals surface area contributed by atoms with Crippen molar-refractivity contribution in [3.8, 4) is 0 Å². The van der Waals surface area contributed by atoms with E-state index in [-0.39, 0.29) is 17.5 Å². The topological polar surface area (TPSA) is 29.1 Å². The van der Waals surface area contributed by atoms with Crippen LogP contribution in [0.15, 0.2) is 24.3 Å². The maximum Gasteiger partial charge on any atom is 0.416 e. The molecule has 0 aliphatic rings. The number of benzene rings is 1.